The van der Waals surface area contributed by atoms with Gasteiger partial charge in [-0.05, 0) is 12.8 Å². The quantitative estimate of drug-likeness (QED) is 0.504. The van der Waals surface area contributed by atoms with Crippen molar-refractivity contribution in [2.75, 3.05) is 0 Å². The normalized spacial score (nSPS) is 31.8. The predicted octanol–water partition coefficient (Wildman–Crippen LogP) is -0.469. The van der Waals surface area contributed by atoms with Crippen LogP contribution in [0.1, 0.15) is 26.2 Å². The van der Waals surface area contributed by atoms with Gasteiger partial charge in [-0.25, -0.2) is 0 Å². The summed E-state index contributed by atoms with van der Waals surface area (Å²) in [6.45, 7) is 1.84. The first-order valence-corrected chi connectivity index (χ1v) is 3.71. The molecule has 2 amide bonds. The highest BCUT2D eigenvalue weighted by Crippen LogP contribution is 2.17. The molecular formula is C7H12N2O2. The van der Waals surface area contributed by atoms with Crippen LogP contribution < -0.4 is 11.1 Å². The third kappa shape index (κ3) is 1.40. The topological polar surface area (TPSA) is 72.2 Å². The number of imide groups is 1. The number of hydrogen-bond acceptors (Lipinski definition) is 3. The van der Waals surface area contributed by atoms with Gasteiger partial charge in [0.1, 0.15) is 0 Å². The molecule has 3 N–H and O–H groups in total. The SMILES string of the molecule is CCC1(N)CCC(=O)NC1=O. The number of nitrogens with one attached hydrogen (secondary N) is 1. The Morgan fingerprint density at radius 1 is 1.64 bits per heavy atom. The minimum Gasteiger partial charge on any atom is -0.317 e. The monoisotopic (exact) mass is 156 g/mol. The summed E-state index contributed by atoms with van der Waals surface area (Å²) >= 11 is 0. The zero-order valence-corrected chi connectivity index (χ0v) is 6.52. The lowest BCUT2D eigenvalue weighted by Crippen LogP contribution is -2.58. The van der Waals surface area contributed by atoms with E-state index in [1.165, 1.54) is 0 Å². The van der Waals surface area contributed by atoms with Gasteiger partial charge >= 0.3 is 0 Å². The summed E-state index contributed by atoms with van der Waals surface area (Å²) in [6.07, 6.45) is 1.40. The molecule has 1 aliphatic heterocycles. The molecule has 0 aromatic carbocycles. The lowest BCUT2D eigenvalue weighted by Gasteiger charge is -2.29. The van der Waals surface area contributed by atoms with Crippen LogP contribution >= 0.6 is 0 Å². The zero-order valence-electron chi connectivity index (χ0n) is 6.52. The van der Waals surface area contributed by atoms with E-state index in [4.69, 9.17) is 5.73 Å². The molecule has 1 unspecified atom stereocenters. The summed E-state index contributed by atoms with van der Waals surface area (Å²) in [5.74, 6) is -0.555. The molecule has 4 heteroatoms. The molecule has 0 radical (unpaired) electrons. The second-order valence-electron chi connectivity index (χ2n) is 2.89. The molecule has 1 atom stereocenters. The van der Waals surface area contributed by atoms with Crippen LogP contribution in [0, 0.1) is 0 Å². The molecule has 62 valence electrons. The summed E-state index contributed by atoms with van der Waals surface area (Å²) in [4.78, 5) is 21.8. The molecule has 1 fully saturated rings. The number of rotatable bonds is 1. The Morgan fingerprint density at radius 2 is 2.27 bits per heavy atom. The second kappa shape index (κ2) is 2.62. The van der Waals surface area contributed by atoms with Crippen LogP contribution in [0.15, 0.2) is 0 Å². The lowest BCUT2D eigenvalue weighted by atomic mass is 9.88. The maximum absolute atomic E-state index is 11.1. The van der Waals surface area contributed by atoms with Crippen molar-refractivity contribution in [3.05, 3.63) is 0 Å². The van der Waals surface area contributed by atoms with Crippen molar-refractivity contribution in [3.8, 4) is 0 Å². The Hall–Kier alpha value is -0.900. The third-order valence-corrected chi connectivity index (χ3v) is 2.13. The number of hydrogen-bond donors (Lipinski definition) is 2. The first-order chi connectivity index (χ1) is 5.08. The van der Waals surface area contributed by atoms with Crippen molar-refractivity contribution in [1.29, 1.82) is 0 Å². The average molecular weight is 156 g/mol. The van der Waals surface area contributed by atoms with E-state index in [0.717, 1.165) is 0 Å². The molecule has 0 saturated carbocycles. The fourth-order valence-corrected chi connectivity index (χ4v) is 1.10. The van der Waals surface area contributed by atoms with Gasteiger partial charge in [0.15, 0.2) is 0 Å². The maximum atomic E-state index is 11.1. The van der Waals surface area contributed by atoms with Gasteiger partial charge in [0.05, 0.1) is 5.54 Å². The minimum atomic E-state index is -0.812. The molecule has 0 spiro atoms. The van der Waals surface area contributed by atoms with Crippen LogP contribution in [-0.4, -0.2) is 17.4 Å². The second-order valence-corrected chi connectivity index (χ2v) is 2.89. The molecule has 1 saturated heterocycles. The van der Waals surface area contributed by atoms with Crippen LogP contribution in [0.3, 0.4) is 0 Å². The van der Waals surface area contributed by atoms with E-state index in [9.17, 15) is 9.59 Å². The summed E-state index contributed by atoms with van der Waals surface area (Å²) in [5.41, 5.74) is 4.89. The van der Waals surface area contributed by atoms with Crippen LogP contribution in [0.5, 0.6) is 0 Å². The van der Waals surface area contributed by atoms with Gasteiger partial charge in [0, 0.05) is 6.42 Å². The minimum absolute atomic E-state index is 0.218. The van der Waals surface area contributed by atoms with E-state index in [0.29, 0.717) is 19.3 Å². The number of carbonyl (C=O) groups excluding carboxylic acids is 2. The fraction of sp³-hybridized carbons (Fsp3) is 0.714. The highest BCUT2D eigenvalue weighted by molar-refractivity contribution is 6.02. The molecule has 0 aromatic heterocycles. The predicted molar refractivity (Wildman–Crippen MR) is 39.6 cm³/mol. The van der Waals surface area contributed by atoms with Crippen molar-refractivity contribution in [2.24, 2.45) is 5.73 Å². The molecule has 11 heavy (non-hydrogen) atoms. The Labute approximate surface area is 65.1 Å². The molecule has 1 aliphatic rings. The van der Waals surface area contributed by atoms with E-state index in [1.54, 1.807) is 0 Å². The van der Waals surface area contributed by atoms with Crippen LogP contribution in [0.25, 0.3) is 0 Å². The molecule has 1 heterocycles. The summed E-state index contributed by atoms with van der Waals surface area (Å²) in [5, 5.41) is 2.22. The van der Waals surface area contributed by atoms with Crippen molar-refractivity contribution >= 4 is 11.8 Å². The summed E-state index contributed by atoms with van der Waals surface area (Å²) in [6, 6.07) is 0. The maximum Gasteiger partial charge on any atom is 0.246 e. The van der Waals surface area contributed by atoms with Crippen LogP contribution in [0.2, 0.25) is 0 Å². The molecule has 0 aromatic rings. The standard InChI is InChI=1S/C7H12N2O2/c1-2-7(8)4-3-5(10)9-6(7)11/h2-4,8H2,1H3,(H,9,10,11). The first kappa shape index (κ1) is 8.20. The molecule has 1 rings (SSSR count). The Balaban J connectivity index is 2.71. The van der Waals surface area contributed by atoms with E-state index in [2.05, 4.69) is 5.32 Å². The van der Waals surface area contributed by atoms with Gasteiger partial charge in [0.2, 0.25) is 11.8 Å². The fourth-order valence-electron chi connectivity index (χ4n) is 1.10. The average Bonchev–Trinajstić information content (AvgIpc) is 1.98. The molecular weight excluding hydrogens is 144 g/mol. The van der Waals surface area contributed by atoms with Crippen LogP contribution in [0.4, 0.5) is 0 Å². The van der Waals surface area contributed by atoms with E-state index >= 15 is 0 Å². The Morgan fingerprint density at radius 3 is 2.73 bits per heavy atom. The van der Waals surface area contributed by atoms with Gasteiger partial charge in [-0.2, -0.15) is 0 Å². The summed E-state index contributed by atoms with van der Waals surface area (Å²) < 4.78 is 0. The summed E-state index contributed by atoms with van der Waals surface area (Å²) in [7, 11) is 0. The smallest absolute Gasteiger partial charge is 0.246 e. The molecule has 0 aliphatic carbocycles. The molecule has 0 bridgehead atoms. The lowest BCUT2D eigenvalue weighted by molar-refractivity contribution is -0.137. The van der Waals surface area contributed by atoms with Gasteiger partial charge in [-0.1, -0.05) is 6.92 Å². The number of nitrogens with two attached hydrogens (primary N) is 1. The highest BCUT2D eigenvalue weighted by Gasteiger charge is 2.37. The van der Waals surface area contributed by atoms with E-state index in [1.807, 2.05) is 6.92 Å². The van der Waals surface area contributed by atoms with Crippen LogP contribution in [-0.2, 0) is 9.59 Å². The van der Waals surface area contributed by atoms with Crippen molar-refractivity contribution < 1.29 is 9.59 Å². The van der Waals surface area contributed by atoms with Crippen molar-refractivity contribution in [3.63, 3.8) is 0 Å². The Bertz CT molecular complexity index is 203. The number of piperidine rings is 1. The number of amides is 2. The zero-order chi connectivity index (χ0) is 8.48. The highest BCUT2D eigenvalue weighted by atomic mass is 16.2. The van der Waals surface area contributed by atoms with Gasteiger partial charge in [0.25, 0.3) is 0 Å². The van der Waals surface area contributed by atoms with Gasteiger partial charge in [-0.3, -0.25) is 14.9 Å². The number of carbonyl (C=O) groups is 2. The van der Waals surface area contributed by atoms with Gasteiger partial charge < -0.3 is 5.73 Å². The molecule has 4 nitrogen and oxygen atoms in total. The van der Waals surface area contributed by atoms with Crippen molar-refractivity contribution in [1.82, 2.24) is 5.32 Å². The van der Waals surface area contributed by atoms with Gasteiger partial charge in [-0.15, -0.1) is 0 Å². The Kier molecular flexibility index (Phi) is 1.95. The van der Waals surface area contributed by atoms with E-state index in [-0.39, 0.29) is 11.8 Å². The largest absolute Gasteiger partial charge is 0.317 e. The first-order valence-electron chi connectivity index (χ1n) is 3.71. The van der Waals surface area contributed by atoms with Crippen molar-refractivity contribution in [2.45, 2.75) is 31.7 Å². The van der Waals surface area contributed by atoms with E-state index < -0.39 is 5.54 Å². The third-order valence-electron chi connectivity index (χ3n) is 2.13.